The van der Waals surface area contributed by atoms with Gasteiger partial charge in [-0.1, -0.05) is 0 Å². The molecule has 3 nitrogen and oxygen atoms in total. The first-order valence-electron chi connectivity index (χ1n) is 4.40. The average Bonchev–Trinajstić information content (AvgIpc) is 2.07. The Morgan fingerprint density at radius 1 is 1.55 bits per heavy atom. The van der Waals surface area contributed by atoms with E-state index >= 15 is 0 Å². The standard InChI is InChI=1S/C8H18N2O/c1-3-11-7(2)8-6-9-4-5-10-8/h7-10H,3-6H2,1-2H3/t7?,8-/m0/s1. The lowest BCUT2D eigenvalue weighted by Crippen LogP contribution is -2.53. The molecule has 1 aliphatic rings. The maximum absolute atomic E-state index is 5.48. The first kappa shape index (κ1) is 8.97. The summed E-state index contributed by atoms with van der Waals surface area (Å²) in [6.45, 7) is 8.12. The molecule has 0 saturated carbocycles. The van der Waals surface area contributed by atoms with E-state index in [0.717, 1.165) is 26.2 Å². The van der Waals surface area contributed by atoms with Crippen molar-refractivity contribution < 1.29 is 4.74 Å². The van der Waals surface area contributed by atoms with Gasteiger partial charge in [-0.05, 0) is 13.8 Å². The topological polar surface area (TPSA) is 33.3 Å². The smallest absolute Gasteiger partial charge is 0.0712 e. The van der Waals surface area contributed by atoms with Gasteiger partial charge in [0, 0.05) is 32.3 Å². The Labute approximate surface area is 68.5 Å². The monoisotopic (exact) mass is 158 g/mol. The summed E-state index contributed by atoms with van der Waals surface area (Å²) >= 11 is 0. The molecule has 2 N–H and O–H groups in total. The van der Waals surface area contributed by atoms with E-state index in [-0.39, 0.29) is 0 Å². The van der Waals surface area contributed by atoms with E-state index in [1.807, 2.05) is 6.92 Å². The molecule has 1 fully saturated rings. The molecular weight excluding hydrogens is 140 g/mol. The quantitative estimate of drug-likeness (QED) is 0.605. The van der Waals surface area contributed by atoms with E-state index in [4.69, 9.17) is 4.74 Å². The van der Waals surface area contributed by atoms with E-state index in [0.29, 0.717) is 12.1 Å². The first-order valence-corrected chi connectivity index (χ1v) is 4.40. The molecule has 0 bridgehead atoms. The van der Waals surface area contributed by atoms with Crippen LogP contribution < -0.4 is 10.6 Å². The molecule has 1 rings (SSSR count). The lowest BCUT2D eigenvalue weighted by Gasteiger charge is -2.29. The molecule has 0 aromatic carbocycles. The van der Waals surface area contributed by atoms with Crippen molar-refractivity contribution in [3.63, 3.8) is 0 Å². The van der Waals surface area contributed by atoms with Crippen LogP contribution in [0.2, 0.25) is 0 Å². The van der Waals surface area contributed by atoms with Crippen LogP contribution in [0.1, 0.15) is 13.8 Å². The van der Waals surface area contributed by atoms with Gasteiger partial charge in [-0.3, -0.25) is 0 Å². The second-order valence-electron chi connectivity index (χ2n) is 2.93. The fraction of sp³-hybridized carbons (Fsp3) is 1.00. The van der Waals surface area contributed by atoms with Crippen molar-refractivity contribution >= 4 is 0 Å². The van der Waals surface area contributed by atoms with Gasteiger partial charge < -0.3 is 15.4 Å². The van der Waals surface area contributed by atoms with Crippen LogP contribution in [0.4, 0.5) is 0 Å². The van der Waals surface area contributed by atoms with Gasteiger partial charge in [-0.15, -0.1) is 0 Å². The summed E-state index contributed by atoms with van der Waals surface area (Å²) in [6.07, 6.45) is 0.327. The van der Waals surface area contributed by atoms with Gasteiger partial charge in [0.2, 0.25) is 0 Å². The van der Waals surface area contributed by atoms with Crippen LogP contribution in [0, 0.1) is 0 Å². The first-order chi connectivity index (χ1) is 5.34. The fourth-order valence-corrected chi connectivity index (χ4v) is 1.39. The highest BCUT2D eigenvalue weighted by Gasteiger charge is 2.18. The minimum absolute atomic E-state index is 0.327. The van der Waals surface area contributed by atoms with Crippen molar-refractivity contribution in [3.05, 3.63) is 0 Å². The fourth-order valence-electron chi connectivity index (χ4n) is 1.39. The molecule has 0 amide bonds. The SMILES string of the molecule is CCOC(C)[C@@H]1CNCCN1. The Morgan fingerprint density at radius 3 is 2.91 bits per heavy atom. The van der Waals surface area contributed by atoms with Gasteiger partial charge in [0.05, 0.1) is 6.10 Å². The normalized spacial score (nSPS) is 28.4. The van der Waals surface area contributed by atoms with Crippen LogP contribution in [0.3, 0.4) is 0 Å². The minimum Gasteiger partial charge on any atom is -0.377 e. The molecule has 1 heterocycles. The lowest BCUT2D eigenvalue weighted by molar-refractivity contribution is 0.0439. The van der Waals surface area contributed by atoms with Crippen LogP contribution >= 0.6 is 0 Å². The van der Waals surface area contributed by atoms with Crippen molar-refractivity contribution in [2.24, 2.45) is 0 Å². The van der Waals surface area contributed by atoms with Crippen LogP contribution in [-0.4, -0.2) is 38.4 Å². The Bertz CT molecular complexity index is 102. The zero-order valence-electron chi connectivity index (χ0n) is 7.39. The molecule has 0 aromatic rings. The minimum atomic E-state index is 0.327. The molecule has 1 aliphatic heterocycles. The molecule has 0 aromatic heterocycles. The second kappa shape index (κ2) is 4.70. The van der Waals surface area contributed by atoms with E-state index in [1.165, 1.54) is 0 Å². The Balaban J connectivity index is 2.21. The van der Waals surface area contributed by atoms with Crippen molar-refractivity contribution in [2.75, 3.05) is 26.2 Å². The number of hydrogen-bond donors (Lipinski definition) is 2. The average molecular weight is 158 g/mol. The molecule has 2 atom stereocenters. The van der Waals surface area contributed by atoms with Crippen LogP contribution in [-0.2, 0) is 4.74 Å². The van der Waals surface area contributed by atoms with Gasteiger partial charge in [0.1, 0.15) is 0 Å². The highest BCUT2D eigenvalue weighted by Crippen LogP contribution is 1.99. The number of rotatable bonds is 3. The third-order valence-corrected chi connectivity index (χ3v) is 2.07. The summed E-state index contributed by atoms with van der Waals surface area (Å²) < 4.78 is 5.48. The van der Waals surface area contributed by atoms with Gasteiger partial charge in [-0.2, -0.15) is 0 Å². The van der Waals surface area contributed by atoms with Crippen molar-refractivity contribution in [1.29, 1.82) is 0 Å². The summed E-state index contributed by atoms with van der Waals surface area (Å²) in [4.78, 5) is 0. The maximum atomic E-state index is 5.48. The Hall–Kier alpha value is -0.120. The summed E-state index contributed by atoms with van der Waals surface area (Å²) in [5.41, 5.74) is 0. The molecule has 11 heavy (non-hydrogen) atoms. The van der Waals surface area contributed by atoms with Crippen molar-refractivity contribution in [2.45, 2.75) is 26.0 Å². The van der Waals surface area contributed by atoms with Crippen molar-refractivity contribution in [1.82, 2.24) is 10.6 Å². The number of piperazine rings is 1. The largest absolute Gasteiger partial charge is 0.377 e. The number of nitrogens with one attached hydrogen (secondary N) is 2. The van der Waals surface area contributed by atoms with Crippen LogP contribution in [0.5, 0.6) is 0 Å². The molecule has 3 heteroatoms. The molecule has 0 radical (unpaired) electrons. The Kier molecular flexibility index (Phi) is 3.83. The molecule has 1 saturated heterocycles. The molecule has 66 valence electrons. The third-order valence-electron chi connectivity index (χ3n) is 2.07. The highest BCUT2D eigenvalue weighted by molar-refractivity contribution is 4.80. The van der Waals surface area contributed by atoms with E-state index < -0.39 is 0 Å². The number of ether oxygens (including phenoxy) is 1. The Morgan fingerprint density at radius 2 is 2.36 bits per heavy atom. The van der Waals surface area contributed by atoms with Crippen molar-refractivity contribution in [3.8, 4) is 0 Å². The summed E-state index contributed by atoms with van der Waals surface area (Å²) in [5.74, 6) is 0. The molecule has 0 aliphatic carbocycles. The molecule has 0 spiro atoms. The predicted octanol–water partition coefficient (Wildman–Crippen LogP) is -0.0272. The maximum Gasteiger partial charge on any atom is 0.0712 e. The van der Waals surface area contributed by atoms with Crippen LogP contribution in [0.25, 0.3) is 0 Å². The lowest BCUT2D eigenvalue weighted by atomic mass is 10.1. The molecule has 1 unspecified atom stereocenters. The van der Waals surface area contributed by atoms with Gasteiger partial charge in [0.25, 0.3) is 0 Å². The van der Waals surface area contributed by atoms with E-state index in [9.17, 15) is 0 Å². The van der Waals surface area contributed by atoms with E-state index in [1.54, 1.807) is 0 Å². The summed E-state index contributed by atoms with van der Waals surface area (Å²) in [6, 6.07) is 0.490. The predicted molar refractivity (Wildman–Crippen MR) is 45.7 cm³/mol. The second-order valence-corrected chi connectivity index (χ2v) is 2.93. The highest BCUT2D eigenvalue weighted by atomic mass is 16.5. The zero-order chi connectivity index (χ0) is 8.10. The third kappa shape index (κ3) is 2.77. The summed E-state index contributed by atoms with van der Waals surface area (Å²) in [5, 5.41) is 6.75. The van der Waals surface area contributed by atoms with Gasteiger partial charge >= 0.3 is 0 Å². The zero-order valence-corrected chi connectivity index (χ0v) is 7.39. The number of hydrogen-bond acceptors (Lipinski definition) is 3. The van der Waals surface area contributed by atoms with Gasteiger partial charge in [-0.25, -0.2) is 0 Å². The van der Waals surface area contributed by atoms with Gasteiger partial charge in [0.15, 0.2) is 0 Å². The van der Waals surface area contributed by atoms with E-state index in [2.05, 4.69) is 17.6 Å². The van der Waals surface area contributed by atoms with Crippen LogP contribution in [0.15, 0.2) is 0 Å². The summed E-state index contributed by atoms with van der Waals surface area (Å²) in [7, 11) is 0. The molecular formula is C8H18N2O.